The highest BCUT2D eigenvalue weighted by Crippen LogP contribution is 2.51. The lowest BCUT2D eigenvalue weighted by Gasteiger charge is -2.42. The number of allylic oxidation sites excluding steroid dienone is 5. The highest BCUT2D eigenvalue weighted by Gasteiger charge is 2.40. The molecule has 1 aromatic heterocycles. The van der Waals surface area contributed by atoms with Gasteiger partial charge >= 0.3 is 0 Å². The number of rotatable bonds is 14. The second kappa shape index (κ2) is 18.3. The zero-order chi connectivity index (χ0) is 47.2. The van der Waals surface area contributed by atoms with Gasteiger partial charge in [0.25, 0.3) is 0 Å². The summed E-state index contributed by atoms with van der Waals surface area (Å²) >= 11 is 0. The van der Waals surface area contributed by atoms with Crippen molar-refractivity contribution in [3.8, 4) is 16.9 Å². The largest absolute Gasteiger partial charge is 0.493 e. The Labute approximate surface area is 397 Å². The summed E-state index contributed by atoms with van der Waals surface area (Å²) in [6.45, 7) is 31.3. The molecule has 343 valence electrons. The van der Waals surface area contributed by atoms with Crippen molar-refractivity contribution < 1.29 is 9.15 Å². The molecule has 1 atom stereocenters. The lowest BCUT2D eigenvalue weighted by atomic mass is 9.54. The number of fused-ring (bicyclic) bond motifs is 5. The van der Waals surface area contributed by atoms with Crippen molar-refractivity contribution in [3.63, 3.8) is 0 Å². The lowest BCUT2D eigenvalue weighted by Crippen LogP contribution is -2.34. The van der Waals surface area contributed by atoms with Crippen LogP contribution < -0.4 is 15.0 Å². The van der Waals surface area contributed by atoms with Crippen LogP contribution in [0.3, 0.4) is 0 Å². The average Bonchev–Trinajstić information content (AvgIpc) is 3.87. The second-order valence-electron chi connectivity index (χ2n) is 22.9. The van der Waals surface area contributed by atoms with E-state index in [9.17, 15) is 0 Å². The molecule has 1 N–H and O–H groups in total. The van der Waals surface area contributed by atoms with Crippen LogP contribution in [0.2, 0.25) is 0 Å². The number of hydrogen-bond acceptors (Lipinski definition) is 4. The first-order valence-corrected chi connectivity index (χ1v) is 24.7. The van der Waals surface area contributed by atoms with Crippen molar-refractivity contribution in [2.75, 3.05) is 16.8 Å². The van der Waals surface area contributed by atoms with E-state index in [1.165, 1.54) is 40.6 Å². The van der Waals surface area contributed by atoms with Gasteiger partial charge in [0.15, 0.2) is 12.9 Å². The standard InChI is InChI=1S/C61H74BN2O2/c1-14-59(8,9)44(32-40(2)3)35-52(62-53-39-65-56-38-51-50(37-49(53)56)60(10,11)29-30-61(51,12)13)41(4)64(54-26-20-25-48-47-24-18-19-27-55(47)66-57(48)54)46-34-43(42-22-16-15-17-23-42)33-45(36-46)63-31-21-28-58(5,6)7/h15-27,31,33-38,40,53,63H,14,28-30,32,39H2,1-13H3/b31-21+,44-35+,52-41-. The third-order valence-corrected chi connectivity index (χ3v) is 14.7. The molecule has 8 rings (SSSR count). The van der Waals surface area contributed by atoms with Gasteiger partial charge in [-0.15, -0.1) is 0 Å². The van der Waals surface area contributed by atoms with Gasteiger partial charge in [0.2, 0.25) is 0 Å². The molecule has 0 amide bonds. The van der Waals surface area contributed by atoms with E-state index in [4.69, 9.17) is 9.15 Å². The number of ether oxygens (including phenoxy) is 1. The molecule has 0 spiro atoms. The predicted molar refractivity (Wildman–Crippen MR) is 285 cm³/mol. The van der Waals surface area contributed by atoms with Crippen LogP contribution in [-0.4, -0.2) is 13.9 Å². The Bertz CT molecular complexity index is 2810. The van der Waals surface area contributed by atoms with Crippen LogP contribution in [-0.2, 0) is 10.8 Å². The third-order valence-electron chi connectivity index (χ3n) is 14.7. The molecule has 1 aliphatic carbocycles. The SMILES string of the molecule is CCC(C)(C)/C(=C/C([B]C1COc2cc3c(cc21)C(C)(C)CCC3(C)C)=C(\C)N(c1cc(N/C=C/CC(C)(C)C)cc(-c2ccccc2)c1)c1cccc2c1oc1ccccc12)CC(C)C. The number of nitrogens with one attached hydrogen (secondary N) is 1. The molecule has 0 bridgehead atoms. The minimum atomic E-state index is -0.00428. The fourth-order valence-corrected chi connectivity index (χ4v) is 10.0. The van der Waals surface area contributed by atoms with Gasteiger partial charge in [-0.25, -0.2) is 0 Å². The minimum absolute atomic E-state index is 0.00428. The fraction of sp³-hybridized carbons (Fsp3) is 0.410. The summed E-state index contributed by atoms with van der Waals surface area (Å²) in [7, 11) is 2.53. The van der Waals surface area contributed by atoms with E-state index in [0.717, 1.165) is 80.8 Å². The van der Waals surface area contributed by atoms with Gasteiger partial charge in [-0.2, -0.15) is 0 Å². The van der Waals surface area contributed by atoms with Gasteiger partial charge in [-0.05, 0) is 143 Å². The Morgan fingerprint density at radius 3 is 2.20 bits per heavy atom. The summed E-state index contributed by atoms with van der Waals surface area (Å²) in [6.07, 6.45) is 12.3. The van der Waals surface area contributed by atoms with Gasteiger partial charge < -0.3 is 19.4 Å². The Morgan fingerprint density at radius 2 is 1.50 bits per heavy atom. The molecule has 1 radical (unpaired) electrons. The number of anilines is 3. The molecule has 4 nitrogen and oxygen atoms in total. The molecule has 1 aliphatic heterocycles. The first kappa shape index (κ1) is 47.1. The highest BCUT2D eigenvalue weighted by atomic mass is 16.5. The number of nitrogens with zero attached hydrogens (tertiary/aromatic N) is 1. The van der Waals surface area contributed by atoms with Crippen molar-refractivity contribution in [1.29, 1.82) is 0 Å². The molecule has 5 aromatic carbocycles. The fourth-order valence-electron chi connectivity index (χ4n) is 10.0. The normalized spacial score (nSPS) is 17.5. The maximum atomic E-state index is 6.91. The Morgan fingerprint density at radius 1 is 0.818 bits per heavy atom. The molecule has 0 saturated carbocycles. The summed E-state index contributed by atoms with van der Waals surface area (Å²) in [5.74, 6) is 1.61. The predicted octanol–water partition coefficient (Wildman–Crippen LogP) is 17.6. The Kier molecular flexibility index (Phi) is 13.1. The molecular weight excluding hydrogens is 803 g/mol. The minimum Gasteiger partial charge on any atom is -0.493 e. The summed E-state index contributed by atoms with van der Waals surface area (Å²) in [4.78, 5) is 2.46. The van der Waals surface area contributed by atoms with Crippen molar-refractivity contribution >= 4 is 46.3 Å². The van der Waals surface area contributed by atoms with Crippen LogP contribution in [0.15, 0.2) is 143 Å². The van der Waals surface area contributed by atoms with E-state index >= 15 is 0 Å². The first-order chi connectivity index (χ1) is 31.2. The van der Waals surface area contributed by atoms with Crippen LogP contribution in [0, 0.1) is 16.7 Å². The van der Waals surface area contributed by atoms with Gasteiger partial charge in [0, 0.05) is 27.8 Å². The van der Waals surface area contributed by atoms with Crippen molar-refractivity contribution in [3.05, 3.63) is 155 Å². The van der Waals surface area contributed by atoms with E-state index < -0.39 is 0 Å². The van der Waals surface area contributed by atoms with Gasteiger partial charge in [0.1, 0.15) is 11.3 Å². The van der Waals surface area contributed by atoms with Crippen LogP contribution in [0.25, 0.3) is 33.1 Å². The highest BCUT2D eigenvalue weighted by molar-refractivity contribution is 6.49. The maximum Gasteiger partial charge on any atom is 0.167 e. The number of hydrogen-bond donors (Lipinski definition) is 1. The smallest absolute Gasteiger partial charge is 0.167 e. The summed E-state index contributed by atoms with van der Waals surface area (Å²) in [5.41, 5.74) is 15.5. The molecule has 66 heavy (non-hydrogen) atoms. The van der Waals surface area contributed by atoms with Crippen molar-refractivity contribution in [2.45, 2.75) is 139 Å². The number of para-hydroxylation sites is 2. The van der Waals surface area contributed by atoms with Crippen LogP contribution in [0.4, 0.5) is 17.1 Å². The van der Waals surface area contributed by atoms with Gasteiger partial charge in [-0.1, -0.05) is 173 Å². The molecule has 5 heteroatoms. The summed E-state index contributed by atoms with van der Waals surface area (Å²) < 4.78 is 13.6. The van der Waals surface area contributed by atoms with Gasteiger partial charge in [0.05, 0.1) is 12.3 Å². The van der Waals surface area contributed by atoms with E-state index in [1.54, 1.807) is 0 Å². The molecule has 6 aromatic rings. The summed E-state index contributed by atoms with van der Waals surface area (Å²) in [6, 6.07) is 37.6. The molecular formula is C61H74BN2O2. The molecule has 0 fully saturated rings. The van der Waals surface area contributed by atoms with Crippen LogP contribution >= 0.6 is 0 Å². The van der Waals surface area contributed by atoms with Crippen molar-refractivity contribution in [1.82, 2.24) is 0 Å². The molecule has 0 saturated heterocycles. The molecule has 2 aliphatic rings. The Balaban J connectivity index is 1.39. The first-order valence-electron chi connectivity index (χ1n) is 24.7. The summed E-state index contributed by atoms with van der Waals surface area (Å²) in [5, 5.41) is 5.92. The number of furan rings is 1. The second-order valence-corrected chi connectivity index (χ2v) is 22.9. The third kappa shape index (κ3) is 9.83. The quantitative estimate of drug-likeness (QED) is 0.0874. The topological polar surface area (TPSA) is 37.6 Å². The van der Waals surface area contributed by atoms with Crippen LogP contribution in [0.1, 0.15) is 145 Å². The molecule has 1 unspecified atom stereocenters. The Hall–Kier alpha value is -5.42. The number of benzene rings is 5. The zero-order valence-electron chi connectivity index (χ0n) is 42.3. The zero-order valence-corrected chi connectivity index (χ0v) is 42.3. The molecule has 2 heterocycles. The van der Waals surface area contributed by atoms with E-state index in [0.29, 0.717) is 12.5 Å². The van der Waals surface area contributed by atoms with Crippen molar-refractivity contribution in [2.24, 2.45) is 16.7 Å². The van der Waals surface area contributed by atoms with E-state index in [2.05, 4.69) is 229 Å². The van der Waals surface area contributed by atoms with Crippen LogP contribution in [0.5, 0.6) is 5.75 Å². The van der Waals surface area contributed by atoms with E-state index in [-0.39, 0.29) is 27.5 Å². The maximum absolute atomic E-state index is 6.91. The average molecular weight is 878 g/mol. The van der Waals surface area contributed by atoms with E-state index in [1.807, 2.05) is 0 Å². The lowest BCUT2D eigenvalue weighted by molar-refractivity contribution is 0.326. The van der Waals surface area contributed by atoms with Gasteiger partial charge in [-0.3, -0.25) is 0 Å². The monoisotopic (exact) mass is 878 g/mol.